The highest BCUT2D eigenvalue weighted by Gasteiger charge is 2.44. The van der Waals surface area contributed by atoms with E-state index in [9.17, 15) is 0 Å². The lowest BCUT2D eigenvalue weighted by molar-refractivity contribution is 1.06. The molecule has 438 valence electrons. The molecule has 0 amide bonds. The molecule has 94 heavy (non-hydrogen) atoms. The van der Waals surface area contributed by atoms with Crippen LogP contribution in [-0.2, 0) is 0 Å². The Morgan fingerprint density at radius 3 is 1.37 bits per heavy atom. The molecule has 0 saturated heterocycles. The highest BCUT2D eigenvalue weighted by atomic mass is 15.2. The molecule has 9 heteroatoms. The summed E-state index contributed by atoms with van der Waals surface area (Å²) in [6.45, 7) is -0.0541. The van der Waals surface area contributed by atoms with Crippen LogP contribution < -0.4 is 26.2 Å². The number of anilines is 6. The molecular formula is C85H55BN8. The lowest BCUT2D eigenvalue weighted by Crippen LogP contribution is -2.61. The van der Waals surface area contributed by atoms with Gasteiger partial charge in [-0.05, 0) is 124 Å². The van der Waals surface area contributed by atoms with Crippen LogP contribution in [0.2, 0.25) is 0 Å². The first-order valence-electron chi connectivity index (χ1n) is 31.8. The van der Waals surface area contributed by atoms with E-state index in [1.165, 1.54) is 22.1 Å². The number of rotatable bonds is 11. The molecular weight excluding hydrogens is 1140 g/mol. The molecule has 5 heterocycles. The minimum absolute atomic E-state index is 0.0541. The largest absolute Gasteiger partial charge is 0.311 e. The van der Waals surface area contributed by atoms with Crippen LogP contribution in [0.5, 0.6) is 0 Å². The second kappa shape index (κ2) is 22.7. The molecule has 0 unspecified atom stereocenters. The minimum atomic E-state index is -0.0541. The Morgan fingerprint density at radius 2 is 0.713 bits per heavy atom. The van der Waals surface area contributed by atoms with E-state index in [2.05, 4.69) is 318 Å². The van der Waals surface area contributed by atoms with E-state index in [4.69, 9.17) is 24.9 Å². The molecule has 13 aromatic carbocycles. The summed E-state index contributed by atoms with van der Waals surface area (Å²) in [4.78, 5) is 32.4. The maximum atomic E-state index is 5.69. The van der Waals surface area contributed by atoms with Gasteiger partial charge in [-0.25, -0.2) is 24.9 Å². The lowest BCUT2D eigenvalue weighted by atomic mass is 9.33. The van der Waals surface area contributed by atoms with Crippen LogP contribution in [0.25, 0.3) is 118 Å². The standard InChI is InChI=1S/C85H55BN8/c1-7-26-56(27-8-1)60-46-49-75-68(53-60)67-40-19-22-43-74(67)94(75)76-50-47-63(83-87-72(57-28-9-2-10-29-57)55-73(88-83)58-30-11-3-12-31-58)54-69(76)85-90-82(59-32-13-4-14-33-59)89-84(91-85)62-35-25-34-61(52-62)66-48-51-79-80-81(66)93(65-38-17-6-18-39-65)78-45-24-21-42-71(78)86(80)70-41-20-23-44-77(70)92(79)64-36-15-5-16-37-64/h1-55H. The summed E-state index contributed by atoms with van der Waals surface area (Å²) in [5.74, 6) is 2.15. The normalized spacial score (nSPS) is 12.2. The van der Waals surface area contributed by atoms with Crippen LogP contribution in [-0.4, -0.2) is 36.2 Å². The third-order valence-corrected chi connectivity index (χ3v) is 18.4. The summed E-state index contributed by atoms with van der Waals surface area (Å²) in [6.07, 6.45) is 0. The van der Waals surface area contributed by atoms with Gasteiger partial charge in [0.2, 0.25) is 0 Å². The highest BCUT2D eigenvalue weighted by Crippen LogP contribution is 2.49. The molecule has 0 saturated carbocycles. The zero-order chi connectivity index (χ0) is 62.1. The van der Waals surface area contributed by atoms with E-state index in [1.54, 1.807) is 0 Å². The first kappa shape index (κ1) is 54.4. The third kappa shape index (κ3) is 9.28. The zero-order valence-electron chi connectivity index (χ0n) is 50.9. The quantitative estimate of drug-likeness (QED) is 0.119. The van der Waals surface area contributed by atoms with Gasteiger partial charge in [0.25, 0.3) is 6.71 Å². The summed E-state index contributed by atoms with van der Waals surface area (Å²) in [5, 5.41) is 2.27. The molecule has 0 fully saturated rings. The number of hydrogen-bond donors (Lipinski definition) is 0. The summed E-state index contributed by atoms with van der Waals surface area (Å²) in [7, 11) is 0. The Hall–Kier alpha value is -12.6. The first-order valence-corrected chi connectivity index (χ1v) is 31.8. The topological polar surface area (TPSA) is 75.9 Å². The maximum absolute atomic E-state index is 5.69. The van der Waals surface area contributed by atoms with Crippen molar-refractivity contribution < 1.29 is 0 Å². The van der Waals surface area contributed by atoms with E-state index in [1.807, 2.05) is 30.3 Å². The highest BCUT2D eigenvalue weighted by molar-refractivity contribution is 7.00. The first-order chi connectivity index (χ1) is 46.6. The molecule has 0 aliphatic carbocycles. The van der Waals surface area contributed by atoms with Gasteiger partial charge in [-0.2, -0.15) is 0 Å². The number of nitrogens with zero attached hydrogens (tertiary/aromatic N) is 8. The summed E-state index contributed by atoms with van der Waals surface area (Å²) in [6, 6.07) is 118. The van der Waals surface area contributed by atoms with Crippen molar-refractivity contribution in [2.45, 2.75) is 0 Å². The molecule has 3 aromatic heterocycles. The van der Waals surface area contributed by atoms with Crippen LogP contribution in [0.4, 0.5) is 34.1 Å². The van der Waals surface area contributed by atoms with Gasteiger partial charge in [-0.15, -0.1) is 0 Å². The monoisotopic (exact) mass is 1200 g/mol. The third-order valence-electron chi connectivity index (χ3n) is 18.4. The number of aromatic nitrogens is 6. The molecule has 18 rings (SSSR count). The maximum Gasteiger partial charge on any atom is 0.252 e. The summed E-state index contributed by atoms with van der Waals surface area (Å²) in [5.41, 5.74) is 24.8. The van der Waals surface area contributed by atoms with Crippen molar-refractivity contribution in [3.8, 4) is 96.0 Å². The molecule has 0 bridgehead atoms. The average Bonchev–Trinajstić information content (AvgIpc) is 0.781. The molecule has 0 N–H and O–H groups in total. The van der Waals surface area contributed by atoms with Crippen LogP contribution in [0.15, 0.2) is 334 Å². The van der Waals surface area contributed by atoms with Crippen LogP contribution in [0.1, 0.15) is 0 Å². The number of hydrogen-bond acceptors (Lipinski definition) is 7. The van der Waals surface area contributed by atoms with Gasteiger partial charge >= 0.3 is 0 Å². The zero-order valence-corrected chi connectivity index (χ0v) is 50.9. The molecule has 2 aliphatic rings. The average molecular weight is 1200 g/mol. The van der Waals surface area contributed by atoms with Gasteiger partial charge in [0.1, 0.15) is 0 Å². The van der Waals surface area contributed by atoms with Crippen molar-refractivity contribution >= 4 is 79.0 Å². The van der Waals surface area contributed by atoms with Crippen LogP contribution >= 0.6 is 0 Å². The van der Waals surface area contributed by atoms with Crippen molar-refractivity contribution in [2.75, 3.05) is 9.80 Å². The van der Waals surface area contributed by atoms with E-state index in [-0.39, 0.29) is 6.71 Å². The lowest BCUT2D eigenvalue weighted by Gasteiger charge is -2.45. The van der Waals surface area contributed by atoms with Crippen LogP contribution in [0, 0.1) is 0 Å². The van der Waals surface area contributed by atoms with Gasteiger partial charge in [0.15, 0.2) is 23.3 Å². The Labute approximate surface area is 544 Å². The Morgan fingerprint density at radius 1 is 0.245 bits per heavy atom. The van der Waals surface area contributed by atoms with Gasteiger partial charge < -0.3 is 14.4 Å². The summed E-state index contributed by atoms with van der Waals surface area (Å²) >= 11 is 0. The Bertz CT molecular complexity index is 5500. The Kier molecular flexibility index (Phi) is 13.1. The number of para-hydroxylation sites is 5. The van der Waals surface area contributed by atoms with E-state index >= 15 is 0 Å². The Balaban J connectivity index is 0.872. The predicted octanol–water partition coefficient (Wildman–Crippen LogP) is 19.2. The molecule has 16 aromatic rings. The van der Waals surface area contributed by atoms with Gasteiger partial charge in [-0.3, -0.25) is 0 Å². The van der Waals surface area contributed by atoms with Gasteiger partial charge in [-0.1, -0.05) is 243 Å². The fourth-order valence-electron chi connectivity index (χ4n) is 14.2. The van der Waals surface area contributed by atoms with E-state index < -0.39 is 0 Å². The van der Waals surface area contributed by atoms with E-state index in [0.29, 0.717) is 23.3 Å². The van der Waals surface area contributed by atoms with Crippen LogP contribution in [0.3, 0.4) is 0 Å². The molecule has 0 atom stereocenters. The van der Waals surface area contributed by atoms with Gasteiger partial charge in [0, 0.05) is 78.2 Å². The molecule has 0 radical (unpaired) electrons. The van der Waals surface area contributed by atoms with Gasteiger partial charge in [0.05, 0.1) is 33.8 Å². The SMILES string of the molecule is c1ccc(-c2ccc3c(c2)c2ccccc2n3-c2ccc(-c3nc(-c4ccccc4)cc(-c4ccccc4)n3)cc2-c2nc(-c3ccccc3)nc(-c3cccc(-c4ccc5c6c4N(c4ccccc4)c4ccccc4B6c4ccccc4N5c4ccccc4)c3)n2)cc1. The number of benzene rings is 13. The number of fused-ring (bicyclic) bond motifs is 7. The van der Waals surface area contributed by atoms with E-state index in [0.717, 1.165) is 123 Å². The van der Waals surface area contributed by atoms with Crippen molar-refractivity contribution in [3.05, 3.63) is 334 Å². The van der Waals surface area contributed by atoms with Crippen molar-refractivity contribution in [1.82, 2.24) is 29.5 Å². The van der Waals surface area contributed by atoms with Crippen molar-refractivity contribution in [3.63, 3.8) is 0 Å². The second-order valence-electron chi connectivity index (χ2n) is 23.9. The smallest absolute Gasteiger partial charge is 0.252 e. The molecule has 0 spiro atoms. The fraction of sp³-hybridized carbons (Fsp3) is 0. The second-order valence-corrected chi connectivity index (χ2v) is 23.9. The summed E-state index contributed by atoms with van der Waals surface area (Å²) < 4.78 is 2.37. The van der Waals surface area contributed by atoms with Crippen molar-refractivity contribution in [2.24, 2.45) is 0 Å². The molecule has 8 nitrogen and oxygen atoms in total. The predicted molar refractivity (Wildman–Crippen MR) is 387 cm³/mol. The van der Waals surface area contributed by atoms with Crippen molar-refractivity contribution in [1.29, 1.82) is 0 Å². The minimum Gasteiger partial charge on any atom is -0.311 e. The molecule has 2 aliphatic heterocycles. The fourth-order valence-corrected chi connectivity index (χ4v) is 14.2.